The molecule has 3 nitrogen and oxygen atoms in total. The highest BCUT2D eigenvalue weighted by Gasteiger charge is 2.20. The number of hydrogen-bond acceptors (Lipinski definition) is 3. The first kappa shape index (κ1) is 11.3. The molecule has 0 atom stereocenters. The van der Waals surface area contributed by atoms with Gasteiger partial charge in [0.25, 0.3) is 0 Å². The number of halogens is 2. The molecule has 13 heavy (non-hydrogen) atoms. The fourth-order valence-corrected chi connectivity index (χ4v) is 2.65. The van der Waals surface area contributed by atoms with Crippen molar-refractivity contribution in [2.24, 2.45) is 0 Å². The Labute approximate surface area is 98.5 Å². The maximum atomic E-state index is 9.05. The second kappa shape index (κ2) is 4.63. The molecule has 0 aliphatic rings. The van der Waals surface area contributed by atoms with Crippen LogP contribution < -0.4 is 10.2 Å². The molecule has 1 rings (SSSR count). The topological polar surface area (TPSA) is 49.7 Å². The Morgan fingerprint density at radius 2 is 2.08 bits per heavy atom. The summed E-state index contributed by atoms with van der Waals surface area (Å²) in [5, 5.41) is 18.1. The van der Waals surface area contributed by atoms with Crippen LogP contribution in [0, 0.1) is 3.57 Å². The zero-order valence-electron chi connectivity index (χ0n) is 6.79. The minimum atomic E-state index is -1.53. The smallest absolute Gasteiger partial charge is 0.493 e. The fourth-order valence-electron chi connectivity index (χ4n) is 0.981. The summed E-state index contributed by atoms with van der Waals surface area (Å²) in [5.41, 5.74) is 0.350. The Kier molecular flexibility index (Phi) is 4.02. The van der Waals surface area contributed by atoms with Crippen LogP contribution in [0.4, 0.5) is 0 Å². The van der Waals surface area contributed by atoms with Gasteiger partial charge in [0.2, 0.25) is 0 Å². The van der Waals surface area contributed by atoms with Crippen molar-refractivity contribution in [3.05, 3.63) is 20.2 Å². The summed E-state index contributed by atoms with van der Waals surface area (Å²) < 4.78 is 6.61. The molecule has 0 aliphatic heterocycles. The van der Waals surface area contributed by atoms with Crippen LogP contribution in [0.1, 0.15) is 0 Å². The number of methoxy groups -OCH3 is 1. The second-order valence-corrected chi connectivity index (χ2v) is 4.48. The Bertz CT molecular complexity index is 319. The largest absolute Gasteiger partial charge is 0.497 e. The van der Waals surface area contributed by atoms with E-state index in [4.69, 9.17) is 14.8 Å². The van der Waals surface area contributed by atoms with Gasteiger partial charge >= 0.3 is 7.12 Å². The highest BCUT2D eigenvalue weighted by atomic mass is 127. The summed E-state index contributed by atoms with van der Waals surface area (Å²) in [5.74, 6) is 0.466. The molecule has 1 aromatic rings. The SMILES string of the molecule is COc1cc(I)cc(Br)c1B(O)O. The van der Waals surface area contributed by atoms with Gasteiger partial charge in [-0.2, -0.15) is 0 Å². The molecule has 6 heteroatoms. The van der Waals surface area contributed by atoms with Gasteiger partial charge in [-0.3, -0.25) is 0 Å². The summed E-state index contributed by atoms with van der Waals surface area (Å²) in [7, 11) is -0.0367. The number of benzene rings is 1. The van der Waals surface area contributed by atoms with Crippen LogP contribution in [0.3, 0.4) is 0 Å². The van der Waals surface area contributed by atoms with Crippen molar-refractivity contribution >= 4 is 51.1 Å². The quantitative estimate of drug-likeness (QED) is 0.607. The normalized spacial score (nSPS) is 9.92. The van der Waals surface area contributed by atoms with Gasteiger partial charge in [0.1, 0.15) is 5.75 Å². The highest BCUT2D eigenvalue weighted by Crippen LogP contribution is 2.20. The van der Waals surface area contributed by atoms with Crippen molar-refractivity contribution < 1.29 is 14.8 Å². The number of hydrogen-bond donors (Lipinski definition) is 2. The van der Waals surface area contributed by atoms with Crippen LogP contribution in [-0.2, 0) is 0 Å². The molecule has 0 bridgehead atoms. The van der Waals surface area contributed by atoms with Gasteiger partial charge in [-0.05, 0) is 34.7 Å². The molecule has 0 amide bonds. The zero-order chi connectivity index (χ0) is 10.0. The third-order valence-electron chi connectivity index (χ3n) is 1.53. The highest BCUT2D eigenvalue weighted by molar-refractivity contribution is 14.1. The molecular weight excluding hydrogens is 350 g/mol. The lowest BCUT2D eigenvalue weighted by Crippen LogP contribution is -2.32. The summed E-state index contributed by atoms with van der Waals surface area (Å²) in [4.78, 5) is 0. The van der Waals surface area contributed by atoms with E-state index >= 15 is 0 Å². The first-order chi connectivity index (χ1) is 6.06. The Hall–Kier alpha value is 0.215. The van der Waals surface area contributed by atoms with E-state index in [1.54, 1.807) is 12.1 Å². The third-order valence-corrected chi connectivity index (χ3v) is 2.81. The Morgan fingerprint density at radius 1 is 1.46 bits per heavy atom. The third kappa shape index (κ3) is 2.58. The summed E-state index contributed by atoms with van der Waals surface area (Å²) in [6, 6.07) is 3.53. The first-order valence-electron chi connectivity index (χ1n) is 3.45. The predicted molar refractivity (Wildman–Crippen MR) is 63.2 cm³/mol. The summed E-state index contributed by atoms with van der Waals surface area (Å²) in [6.07, 6.45) is 0. The predicted octanol–water partition coefficient (Wildman–Crippen LogP) is 0.742. The van der Waals surface area contributed by atoms with E-state index in [0.717, 1.165) is 3.57 Å². The van der Waals surface area contributed by atoms with Crippen molar-refractivity contribution in [1.29, 1.82) is 0 Å². The van der Waals surface area contributed by atoms with Gasteiger partial charge in [-0.15, -0.1) is 0 Å². The molecule has 70 valence electrons. The molecule has 0 saturated heterocycles. The zero-order valence-corrected chi connectivity index (χ0v) is 10.5. The molecule has 0 saturated carbocycles. The van der Waals surface area contributed by atoms with Gasteiger partial charge < -0.3 is 14.8 Å². The lowest BCUT2D eigenvalue weighted by Gasteiger charge is -2.10. The fraction of sp³-hybridized carbons (Fsp3) is 0.143. The van der Waals surface area contributed by atoms with Gasteiger partial charge in [0.05, 0.1) is 7.11 Å². The Morgan fingerprint density at radius 3 is 2.54 bits per heavy atom. The molecule has 2 N–H and O–H groups in total. The first-order valence-corrected chi connectivity index (χ1v) is 5.32. The van der Waals surface area contributed by atoms with Gasteiger partial charge in [0.15, 0.2) is 0 Å². The van der Waals surface area contributed by atoms with E-state index in [1.807, 2.05) is 0 Å². The average molecular weight is 357 g/mol. The van der Waals surface area contributed by atoms with E-state index in [9.17, 15) is 0 Å². The van der Waals surface area contributed by atoms with Gasteiger partial charge in [-0.25, -0.2) is 0 Å². The summed E-state index contributed by atoms with van der Waals surface area (Å²) in [6.45, 7) is 0. The van der Waals surface area contributed by atoms with Crippen LogP contribution >= 0.6 is 38.5 Å². The van der Waals surface area contributed by atoms with Crippen LogP contribution in [0.5, 0.6) is 5.75 Å². The molecule has 0 fully saturated rings. The van der Waals surface area contributed by atoms with Crippen molar-refractivity contribution in [3.8, 4) is 5.75 Å². The molecule has 0 aromatic heterocycles. The van der Waals surface area contributed by atoms with E-state index < -0.39 is 7.12 Å². The van der Waals surface area contributed by atoms with Crippen LogP contribution in [0.15, 0.2) is 16.6 Å². The molecule has 1 aromatic carbocycles. The number of rotatable bonds is 2. The maximum Gasteiger partial charge on any atom is 0.493 e. The minimum absolute atomic E-state index is 0.350. The average Bonchev–Trinajstić information content (AvgIpc) is 2.01. The molecular formula is C7H7BBrIO3. The van der Waals surface area contributed by atoms with E-state index in [-0.39, 0.29) is 0 Å². The summed E-state index contributed by atoms with van der Waals surface area (Å²) >= 11 is 5.36. The van der Waals surface area contributed by atoms with E-state index in [0.29, 0.717) is 15.7 Å². The van der Waals surface area contributed by atoms with Crippen molar-refractivity contribution in [1.82, 2.24) is 0 Å². The molecule has 0 heterocycles. The molecule has 0 radical (unpaired) electrons. The number of ether oxygens (including phenoxy) is 1. The van der Waals surface area contributed by atoms with Crippen LogP contribution in [0.2, 0.25) is 0 Å². The lowest BCUT2D eigenvalue weighted by atomic mass is 9.79. The maximum absolute atomic E-state index is 9.05. The van der Waals surface area contributed by atoms with Crippen LogP contribution in [0.25, 0.3) is 0 Å². The van der Waals surface area contributed by atoms with Crippen molar-refractivity contribution in [2.45, 2.75) is 0 Å². The van der Waals surface area contributed by atoms with E-state index in [2.05, 4.69) is 38.5 Å². The minimum Gasteiger partial charge on any atom is -0.497 e. The standard InChI is InChI=1S/C7H7BBrIO3/c1-13-6-3-4(10)2-5(9)7(6)8(11)12/h2-3,11-12H,1H3. The van der Waals surface area contributed by atoms with Crippen molar-refractivity contribution in [3.63, 3.8) is 0 Å². The second-order valence-electron chi connectivity index (χ2n) is 2.38. The van der Waals surface area contributed by atoms with Crippen molar-refractivity contribution in [2.75, 3.05) is 7.11 Å². The monoisotopic (exact) mass is 356 g/mol. The molecule has 0 unspecified atom stereocenters. The lowest BCUT2D eigenvalue weighted by molar-refractivity contribution is 0.402. The van der Waals surface area contributed by atoms with E-state index in [1.165, 1.54) is 7.11 Å². The van der Waals surface area contributed by atoms with Crippen LogP contribution in [-0.4, -0.2) is 24.3 Å². The molecule has 0 aliphatic carbocycles. The Balaban J connectivity index is 3.30. The molecule has 0 spiro atoms. The van der Waals surface area contributed by atoms with Gasteiger partial charge in [0, 0.05) is 13.5 Å². The van der Waals surface area contributed by atoms with Gasteiger partial charge in [-0.1, -0.05) is 15.9 Å².